The van der Waals surface area contributed by atoms with Crippen LogP contribution in [0.2, 0.25) is 0 Å². The minimum atomic E-state index is -0.591. The van der Waals surface area contributed by atoms with Crippen molar-refractivity contribution in [3.8, 4) is 0 Å². The summed E-state index contributed by atoms with van der Waals surface area (Å²) in [6.45, 7) is 9.40. The van der Waals surface area contributed by atoms with E-state index in [1.807, 2.05) is 27.8 Å². The summed E-state index contributed by atoms with van der Waals surface area (Å²) < 4.78 is 5.35. The van der Waals surface area contributed by atoms with Gasteiger partial charge in [0, 0.05) is 25.7 Å². The monoisotopic (exact) mass is 299 g/mol. The summed E-state index contributed by atoms with van der Waals surface area (Å²) in [6.07, 6.45) is 1.34. The fourth-order valence-electron chi connectivity index (χ4n) is 2.85. The van der Waals surface area contributed by atoms with Gasteiger partial charge in [-0.3, -0.25) is 4.90 Å². The van der Waals surface area contributed by atoms with E-state index in [1.54, 1.807) is 4.90 Å². The highest BCUT2D eigenvalue weighted by molar-refractivity contribution is 5.69. The Balaban J connectivity index is 1.74. The first kappa shape index (κ1) is 16.5. The summed E-state index contributed by atoms with van der Waals surface area (Å²) in [7, 11) is 2.02. The van der Waals surface area contributed by atoms with Crippen molar-refractivity contribution < 1.29 is 14.6 Å². The lowest BCUT2D eigenvalue weighted by Crippen LogP contribution is -2.63. The molecule has 2 heterocycles. The van der Waals surface area contributed by atoms with Gasteiger partial charge in [-0.05, 0) is 53.8 Å². The van der Waals surface area contributed by atoms with E-state index in [1.165, 1.54) is 0 Å². The lowest BCUT2D eigenvalue weighted by molar-refractivity contribution is -0.0508. The number of hydrogen-bond donors (Lipinski definition) is 2. The SMILES string of the molecule is CN(CC1(O)CCNCC1)C1CN(C(=O)OC(C)(C)C)C1. The van der Waals surface area contributed by atoms with Crippen LogP contribution in [0.4, 0.5) is 4.79 Å². The Bertz CT molecular complexity index is 369. The Morgan fingerprint density at radius 2 is 1.95 bits per heavy atom. The van der Waals surface area contributed by atoms with Crippen molar-refractivity contribution in [1.29, 1.82) is 0 Å². The number of amides is 1. The molecule has 2 rings (SSSR count). The third-order valence-electron chi connectivity index (χ3n) is 4.22. The Morgan fingerprint density at radius 3 is 2.48 bits per heavy atom. The second-order valence-corrected chi connectivity index (χ2v) is 7.43. The number of nitrogens with one attached hydrogen (secondary N) is 1. The van der Waals surface area contributed by atoms with Crippen LogP contribution in [0.1, 0.15) is 33.6 Å². The molecule has 0 aromatic rings. The zero-order valence-corrected chi connectivity index (χ0v) is 13.7. The van der Waals surface area contributed by atoms with Gasteiger partial charge >= 0.3 is 6.09 Å². The molecular formula is C15H29N3O3. The summed E-state index contributed by atoms with van der Waals surface area (Å²) in [4.78, 5) is 15.8. The molecule has 2 aliphatic rings. The van der Waals surface area contributed by atoms with Crippen molar-refractivity contribution in [2.24, 2.45) is 0 Å². The number of piperidine rings is 1. The normalized spacial score (nSPS) is 23.0. The Labute approximate surface area is 127 Å². The van der Waals surface area contributed by atoms with Crippen molar-refractivity contribution in [3.63, 3.8) is 0 Å². The van der Waals surface area contributed by atoms with Crippen molar-refractivity contribution in [3.05, 3.63) is 0 Å². The van der Waals surface area contributed by atoms with Gasteiger partial charge in [0.2, 0.25) is 0 Å². The quantitative estimate of drug-likeness (QED) is 0.801. The summed E-state index contributed by atoms with van der Waals surface area (Å²) in [6, 6.07) is 0.316. The van der Waals surface area contributed by atoms with Crippen LogP contribution in [0.5, 0.6) is 0 Å². The van der Waals surface area contributed by atoms with Gasteiger partial charge in [-0.15, -0.1) is 0 Å². The summed E-state index contributed by atoms with van der Waals surface area (Å²) in [5.41, 5.74) is -1.04. The summed E-state index contributed by atoms with van der Waals surface area (Å²) >= 11 is 0. The van der Waals surface area contributed by atoms with Gasteiger partial charge in [0.25, 0.3) is 0 Å². The van der Waals surface area contributed by atoms with Crippen LogP contribution in [-0.2, 0) is 4.74 Å². The lowest BCUT2D eigenvalue weighted by atomic mass is 9.91. The molecule has 122 valence electrons. The molecular weight excluding hydrogens is 270 g/mol. The molecule has 6 nitrogen and oxygen atoms in total. The molecule has 0 unspecified atom stereocenters. The zero-order valence-electron chi connectivity index (χ0n) is 13.7. The minimum Gasteiger partial charge on any atom is -0.444 e. The average molecular weight is 299 g/mol. The maximum absolute atomic E-state index is 11.9. The predicted molar refractivity (Wildman–Crippen MR) is 81.3 cm³/mol. The number of nitrogens with zero attached hydrogens (tertiary/aromatic N) is 2. The van der Waals surface area contributed by atoms with E-state index in [4.69, 9.17) is 4.74 Å². The maximum Gasteiger partial charge on any atom is 0.410 e. The third kappa shape index (κ3) is 4.56. The number of aliphatic hydroxyl groups is 1. The van der Waals surface area contributed by atoms with Gasteiger partial charge in [-0.2, -0.15) is 0 Å². The van der Waals surface area contributed by atoms with Crippen LogP contribution in [0.25, 0.3) is 0 Å². The van der Waals surface area contributed by atoms with E-state index in [-0.39, 0.29) is 6.09 Å². The highest BCUT2D eigenvalue weighted by Gasteiger charge is 2.39. The molecule has 0 bridgehead atoms. The van der Waals surface area contributed by atoms with Crippen LogP contribution < -0.4 is 5.32 Å². The minimum absolute atomic E-state index is 0.243. The number of likely N-dealkylation sites (N-methyl/N-ethyl adjacent to an activating group) is 1. The Morgan fingerprint density at radius 1 is 1.38 bits per heavy atom. The first-order valence-electron chi connectivity index (χ1n) is 7.80. The van der Waals surface area contributed by atoms with E-state index >= 15 is 0 Å². The molecule has 0 spiro atoms. The van der Waals surface area contributed by atoms with Crippen LogP contribution in [0.3, 0.4) is 0 Å². The van der Waals surface area contributed by atoms with Crippen LogP contribution in [0, 0.1) is 0 Å². The number of ether oxygens (including phenoxy) is 1. The predicted octanol–water partition coefficient (Wildman–Crippen LogP) is 0.652. The zero-order chi connectivity index (χ0) is 15.7. The van der Waals surface area contributed by atoms with Crippen LogP contribution in [0.15, 0.2) is 0 Å². The molecule has 0 aromatic carbocycles. The van der Waals surface area contributed by atoms with Gasteiger partial charge in [0.05, 0.1) is 5.60 Å². The van der Waals surface area contributed by atoms with Gasteiger partial charge in [-0.1, -0.05) is 0 Å². The van der Waals surface area contributed by atoms with Crippen molar-refractivity contribution >= 4 is 6.09 Å². The van der Waals surface area contributed by atoms with Gasteiger partial charge in [-0.25, -0.2) is 4.79 Å². The fraction of sp³-hybridized carbons (Fsp3) is 0.933. The second kappa shape index (κ2) is 6.10. The fourth-order valence-corrected chi connectivity index (χ4v) is 2.85. The number of carbonyl (C=O) groups is 1. The maximum atomic E-state index is 11.9. The largest absolute Gasteiger partial charge is 0.444 e. The van der Waals surface area contributed by atoms with Crippen molar-refractivity contribution in [2.75, 3.05) is 39.8 Å². The van der Waals surface area contributed by atoms with Crippen LogP contribution >= 0.6 is 0 Å². The van der Waals surface area contributed by atoms with E-state index in [0.717, 1.165) is 25.9 Å². The first-order chi connectivity index (χ1) is 9.69. The van der Waals surface area contributed by atoms with Crippen molar-refractivity contribution in [1.82, 2.24) is 15.1 Å². The molecule has 0 atom stereocenters. The number of rotatable bonds is 3. The second-order valence-electron chi connectivity index (χ2n) is 7.43. The smallest absolute Gasteiger partial charge is 0.410 e. The highest BCUT2D eigenvalue weighted by atomic mass is 16.6. The molecule has 6 heteroatoms. The average Bonchev–Trinajstić information content (AvgIpc) is 2.24. The molecule has 21 heavy (non-hydrogen) atoms. The summed E-state index contributed by atoms with van der Waals surface area (Å²) in [5.74, 6) is 0. The van der Waals surface area contributed by atoms with E-state index in [9.17, 15) is 9.90 Å². The van der Waals surface area contributed by atoms with E-state index < -0.39 is 11.2 Å². The molecule has 2 saturated heterocycles. The topological polar surface area (TPSA) is 65.0 Å². The Kier molecular flexibility index (Phi) is 4.80. The molecule has 2 N–H and O–H groups in total. The Hall–Kier alpha value is -0.850. The number of carbonyl (C=O) groups excluding carboxylic acids is 1. The molecule has 1 amide bonds. The molecule has 0 aromatic heterocycles. The molecule has 0 radical (unpaired) electrons. The van der Waals surface area contributed by atoms with Crippen molar-refractivity contribution in [2.45, 2.75) is 50.9 Å². The number of likely N-dealkylation sites (tertiary alicyclic amines) is 1. The van der Waals surface area contributed by atoms with Crippen LogP contribution in [-0.4, -0.2) is 78.0 Å². The standard InChI is InChI=1S/C15H29N3O3/c1-14(2,3)21-13(19)18-9-12(10-18)17(4)11-15(20)5-7-16-8-6-15/h12,16,20H,5-11H2,1-4H3. The lowest BCUT2D eigenvalue weighted by Gasteiger charge is -2.46. The van der Waals surface area contributed by atoms with E-state index in [0.29, 0.717) is 25.7 Å². The molecule has 0 aliphatic carbocycles. The first-order valence-corrected chi connectivity index (χ1v) is 7.80. The summed E-state index contributed by atoms with van der Waals surface area (Å²) in [5, 5.41) is 13.8. The molecule has 2 aliphatic heterocycles. The highest BCUT2D eigenvalue weighted by Crippen LogP contribution is 2.23. The van der Waals surface area contributed by atoms with E-state index in [2.05, 4.69) is 10.2 Å². The van der Waals surface area contributed by atoms with Gasteiger partial charge in [0.1, 0.15) is 5.60 Å². The third-order valence-corrected chi connectivity index (χ3v) is 4.22. The van der Waals surface area contributed by atoms with Gasteiger partial charge in [0.15, 0.2) is 0 Å². The molecule has 0 saturated carbocycles. The number of hydrogen-bond acceptors (Lipinski definition) is 5. The van der Waals surface area contributed by atoms with Gasteiger partial charge < -0.3 is 20.1 Å². The molecule has 2 fully saturated rings.